The van der Waals surface area contributed by atoms with Gasteiger partial charge in [0.05, 0.1) is 6.54 Å². The molecule has 1 amide bonds. The molecule has 0 aromatic rings. The number of carboxylic acid groups (broad SMARTS) is 1. The van der Waals surface area contributed by atoms with Gasteiger partial charge in [-0.3, -0.25) is 9.59 Å². The van der Waals surface area contributed by atoms with Gasteiger partial charge in [0.2, 0.25) is 5.91 Å². The standard InChI is InChI=1S/C10H18N2O3/c13-9(12-8-4-5-8)7-11-6-2-1-3-10(14)15/h8,11H,1-7H2,(H,12,13)(H,14,15). The van der Waals surface area contributed by atoms with E-state index in [-0.39, 0.29) is 12.3 Å². The number of unbranched alkanes of at least 4 members (excludes halogenated alkanes) is 1. The molecule has 15 heavy (non-hydrogen) atoms. The van der Waals surface area contributed by atoms with Crippen molar-refractivity contribution in [3.8, 4) is 0 Å². The fraction of sp³-hybridized carbons (Fsp3) is 0.800. The first-order valence-corrected chi connectivity index (χ1v) is 5.40. The summed E-state index contributed by atoms with van der Waals surface area (Å²) in [4.78, 5) is 21.4. The number of carbonyl (C=O) groups is 2. The van der Waals surface area contributed by atoms with E-state index in [1.54, 1.807) is 0 Å². The van der Waals surface area contributed by atoms with Crippen LogP contribution in [-0.4, -0.2) is 36.1 Å². The fourth-order valence-corrected chi connectivity index (χ4v) is 1.23. The molecule has 0 aromatic heterocycles. The Morgan fingerprint density at radius 1 is 1.27 bits per heavy atom. The lowest BCUT2D eigenvalue weighted by atomic mass is 10.2. The predicted molar refractivity (Wildman–Crippen MR) is 55.5 cm³/mol. The maximum absolute atomic E-state index is 11.2. The first-order valence-electron chi connectivity index (χ1n) is 5.40. The number of aliphatic carboxylic acids is 1. The van der Waals surface area contributed by atoms with Crippen LogP contribution in [0.2, 0.25) is 0 Å². The molecule has 0 bridgehead atoms. The third kappa shape index (κ3) is 6.90. The minimum atomic E-state index is -0.763. The first-order chi connectivity index (χ1) is 7.18. The molecule has 1 rings (SSSR count). The average molecular weight is 214 g/mol. The quantitative estimate of drug-likeness (QED) is 0.501. The van der Waals surface area contributed by atoms with Gasteiger partial charge in [-0.2, -0.15) is 0 Å². The van der Waals surface area contributed by atoms with E-state index in [9.17, 15) is 9.59 Å². The lowest BCUT2D eigenvalue weighted by Crippen LogP contribution is -2.35. The van der Waals surface area contributed by atoms with Gasteiger partial charge >= 0.3 is 5.97 Å². The minimum absolute atomic E-state index is 0.0377. The van der Waals surface area contributed by atoms with Crippen LogP contribution in [-0.2, 0) is 9.59 Å². The number of nitrogens with one attached hydrogen (secondary N) is 2. The summed E-state index contributed by atoms with van der Waals surface area (Å²) in [5, 5.41) is 14.2. The molecule has 0 radical (unpaired) electrons. The zero-order valence-corrected chi connectivity index (χ0v) is 8.79. The molecule has 1 saturated carbocycles. The van der Waals surface area contributed by atoms with E-state index in [1.165, 1.54) is 0 Å². The van der Waals surface area contributed by atoms with Crippen LogP contribution in [0.3, 0.4) is 0 Å². The third-order valence-corrected chi connectivity index (χ3v) is 2.22. The molecule has 1 fully saturated rings. The summed E-state index contributed by atoms with van der Waals surface area (Å²) in [6, 6.07) is 0.409. The van der Waals surface area contributed by atoms with Crippen molar-refractivity contribution in [1.82, 2.24) is 10.6 Å². The topological polar surface area (TPSA) is 78.4 Å². The Labute approximate surface area is 89.2 Å². The van der Waals surface area contributed by atoms with Gasteiger partial charge in [-0.1, -0.05) is 0 Å². The Morgan fingerprint density at radius 3 is 2.60 bits per heavy atom. The van der Waals surface area contributed by atoms with Gasteiger partial charge in [0.1, 0.15) is 0 Å². The highest BCUT2D eigenvalue weighted by Crippen LogP contribution is 2.18. The Hall–Kier alpha value is -1.10. The van der Waals surface area contributed by atoms with Crippen molar-refractivity contribution >= 4 is 11.9 Å². The predicted octanol–water partition coefficient (Wildman–Crippen LogP) is 0.110. The van der Waals surface area contributed by atoms with Crippen molar-refractivity contribution < 1.29 is 14.7 Å². The number of hydrogen-bond donors (Lipinski definition) is 3. The Morgan fingerprint density at radius 2 is 2.00 bits per heavy atom. The van der Waals surface area contributed by atoms with Gasteiger partial charge in [0.25, 0.3) is 0 Å². The van der Waals surface area contributed by atoms with Gasteiger partial charge in [-0.15, -0.1) is 0 Å². The van der Waals surface area contributed by atoms with Gasteiger partial charge in [-0.05, 0) is 32.2 Å². The van der Waals surface area contributed by atoms with Crippen molar-refractivity contribution in [1.29, 1.82) is 0 Å². The molecule has 0 unspecified atom stereocenters. The summed E-state index contributed by atoms with van der Waals surface area (Å²) in [5.41, 5.74) is 0. The van der Waals surface area contributed by atoms with Crippen LogP contribution in [0, 0.1) is 0 Å². The molecule has 0 saturated heterocycles. The summed E-state index contributed by atoms with van der Waals surface area (Å²) in [5.74, 6) is -0.725. The smallest absolute Gasteiger partial charge is 0.303 e. The molecule has 3 N–H and O–H groups in total. The first kappa shape index (κ1) is 12.0. The van der Waals surface area contributed by atoms with Crippen LogP contribution in [0.15, 0.2) is 0 Å². The minimum Gasteiger partial charge on any atom is -0.481 e. The monoisotopic (exact) mass is 214 g/mol. The zero-order valence-electron chi connectivity index (χ0n) is 8.79. The average Bonchev–Trinajstić information content (AvgIpc) is 2.94. The van der Waals surface area contributed by atoms with Crippen molar-refractivity contribution in [3.63, 3.8) is 0 Å². The number of amides is 1. The summed E-state index contributed by atoms with van der Waals surface area (Å²) in [6.07, 6.45) is 3.86. The van der Waals surface area contributed by atoms with E-state index in [4.69, 9.17) is 5.11 Å². The maximum atomic E-state index is 11.2. The highest BCUT2D eigenvalue weighted by molar-refractivity contribution is 5.78. The third-order valence-electron chi connectivity index (χ3n) is 2.22. The van der Waals surface area contributed by atoms with Crippen molar-refractivity contribution in [3.05, 3.63) is 0 Å². The number of rotatable bonds is 8. The SMILES string of the molecule is O=C(O)CCCCNCC(=O)NC1CC1. The lowest BCUT2D eigenvalue weighted by molar-refractivity contribution is -0.137. The molecule has 1 aliphatic carbocycles. The Balaban J connectivity index is 1.83. The normalized spacial score (nSPS) is 14.9. The number of hydrogen-bond acceptors (Lipinski definition) is 3. The van der Waals surface area contributed by atoms with Crippen molar-refractivity contribution in [2.75, 3.05) is 13.1 Å². The van der Waals surface area contributed by atoms with Crippen LogP contribution < -0.4 is 10.6 Å². The molecule has 0 aliphatic heterocycles. The Kier molecular flexibility index (Phi) is 5.10. The molecule has 0 aromatic carbocycles. The second kappa shape index (κ2) is 6.40. The van der Waals surface area contributed by atoms with Crippen LogP contribution in [0.25, 0.3) is 0 Å². The lowest BCUT2D eigenvalue weighted by Gasteiger charge is -2.04. The van der Waals surface area contributed by atoms with E-state index in [0.717, 1.165) is 19.3 Å². The largest absolute Gasteiger partial charge is 0.481 e. The van der Waals surface area contributed by atoms with E-state index >= 15 is 0 Å². The molecular weight excluding hydrogens is 196 g/mol. The number of carbonyl (C=O) groups excluding carboxylic acids is 1. The second-order valence-corrected chi connectivity index (χ2v) is 3.87. The molecule has 0 heterocycles. The van der Waals surface area contributed by atoms with Gasteiger partial charge < -0.3 is 15.7 Å². The molecule has 0 spiro atoms. The fourth-order valence-electron chi connectivity index (χ4n) is 1.23. The van der Waals surface area contributed by atoms with Crippen molar-refractivity contribution in [2.24, 2.45) is 0 Å². The molecule has 86 valence electrons. The Bertz CT molecular complexity index is 227. The maximum Gasteiger partial charge on any atom is 0.303 e. The summed E-state index contributed by atoms with van der Waals surface area (Å²) >= 11 is 0. The molecule has 5 heteroatoms. The summed E-state index contributed by atoms with van der Waals surface area (Å²) in [7, 11) is 0. The second-order valence-electron chi connectivity index (χ2n) is 3.87. The van der Waals surface area contributed by atoms with Crippen LogP contribution in [0.4, 0.5) is 0 Å². The van der Waals surface area contributed by atoms with Crippen LogP contribution >= 0.6 is 0 Å². The molecular formula is C10H18N2O3. The van der Waals surface area contributed by atoms with E-state index in [1.807, 2.05) is 0 Å². The molecule has 5 nitrogen and oxygen atoms in total. The molecule has 1 aliphatic rings. The van der Waals surface area contributed by atoms with E-state index in [2.05, 4.69) is 10.6 Å². The number of carboxylic acids is 1. The summed E-state index contributed by atoms with van der Waals surface area (Å²) < 4.78 is 0. The van der Waals surface area contributed by atoms with Crippen molar-refractivity contribution in [2.45, 2.75) is 38.1 Å². The van der Waals surface area contributed by atoms with Gasteiger partial charge in [0.15, 0.2) is 0 Å². The van der Waals surface area contributed by atoms with Gasteiger partial charge in [0, 0.05) is 12.5 Å². The summed E-state index contributed by atoms with van der Waals surface area (Å²) in [6.45, 7) is 1.04. The highest BCUT2D eigenvalue weighted by atomic mass is 16.4. The van der Waals surface area contributed by atoms with Gasteiger partial charge in [-0.25, -0.2) is 0 Å². The van der Waals surface area contributed by atoms with E-state index in [0.29, 0.717) is 25.6 Å². The zero-order chi connectivity index (χ0) is 11.1. The van der Waals surface area contributed by atoms with Crippen LogP contribution in [0.1, 0.15) is 32.1 Å². The van der Waals surface area contributed by atoms with E-state index < -0.39 is 5.97 Å². The van der Waals surface area contributed by atoms with Crippen LogP contribution in [0.5, 0.6) is 0 Å². The molecule has 0 atom stereocenters. The highest BCUT2D eigenvalue weighted by Gasteiger charge is 2.22.